The summed E-state index contributed by atoms with van der Waals surface area (Å²) >= 11 is 3.05. The first-order valence-electron chi connectivity index (χ1n) is 5.63. The van der Waals surface area contributed by atoms with Crippen molar-refractivity contribution in [1.29, 1.82) is 0 Å². The fourth-order valence-electron chi connectivity index (χ4n) is 1.81. The van der Waals surface area contributed by atoms with E-state index in [-0.39, 0.29) is 41.3 Å². The Labute approximate surface area is 119 Å². The molecule has 0 atom stereocenters. The topological polar surface area (TPSA) is 66.5 Å². The molecule has 1 saturated heterocycles. The van der Waals surface area contributed by atoms with Crippen molar-refractivity contribution in [1.82, 2.24) is 9.62 Å². The minimum atomic E-state index is -3.73. The molecule has 104 valence electrons. The van der Waals surface area contributed by atoms with Crippen LogP contribution in [0.5, 0.6) is 0 Å². The predicted octanol–water partition coefficient (Wildman–Crippen LogP) is 1.10. The zero-order valence-corrected chi connectivity index (χ0v) is 12.3. The highest BCUT2D eigenvalue weighted by atomic mass is 79.9. The normalized spacial score (nSPS) is 17.9. The molecule has 0 aliphatic carbocycles. The lowest BCUT2D eigenvalue weighted by Crippen LogP contribution is -2.34. The summed E-state index contributed by atoms with van der Waals surface area (Å²) in [6, 6.07) is 3.42. The van der Waals surface area contributed by atoms with Crippen LogP contribution in [0.15, 0.2) is 27.6 Å². The highest BCUT2D eigenvalue weighted by molar-refractivity contribution is 9.10. The van der Waals surface area contributed by atoms with E-state index in [4.69, 9.17) is 0 Å². The molecule has 19 heavy (non-hydrogen) atoms. The molecule has 1 aliphatic rings. The molecule has 0 spiro atoms. The molecule has 1 amide bonds. The van der Waals surface area contributed by atoms with Crippen molar-refractivity contribution < 1.29 is 17.6 Å². The second kappa shape index (κ2) is 5.56. The molecule has 0 saturated carbocycles. The van der Waals surface area contributed by atoms with Gasteiger partial charge in [-0.05, 0) is 34.1 Å². The first kappa shape index (κ1) is 14.4. The molecule has 1 N–H and O–H groups in total. The van der Waals surface area contributed by atoms with E-state index in [9.17, 15) is 17.6 Å². The summed E-state index contributed by atoms with van der Waals surface area (Å²) < 4.78 is 39.2. The minimum Gasteiger partial charge on any atom is -0.355 e. The molecule has 2 rings (SSSR count). The summed E-state index contributed by atoms with van der Waals surface area (Å²) in [5.41, 5.74) is 0. The number of nitrogens with one attached hydrogen (secondary N) is 1. The summed E-state index contributed by atoms with van der Waals surface area (Å²) in [5.74, 6) is -0.686. The van der Waals surface area contributed by atoms with E-state index < -0.39 is 15.8 Å². The van der Waals surface area contributed by atoms with Gasteiger partial charge in [0.15, 0.2) is 0 Å². The van der Waals surface area contributed by atoms with Crippen LogP contribution in [0.25, 0.3) is 0 Å². The van der Waals surface area contributed by atoms with Gasteiger partial charge in [-0.2, -0.15) is 4.31 Å². The highest BCUT2D eigenvalue weighted by Crippen LogP contribution is 2.26. The molecule has 8 heteroatoms. The first-order valence-corrected chi connectivity index (χ1v) is 7.86. The SMILES string of the molecule is O=C1CCN(S(=O)(=O)c2ccc(F)cc2Br)CCN1. The van der Waals surface area contributed by atoms with E-state index in [0.717, 1.165) is 12.1 Å². The van der Waals surface area contributed by atoms with E-state index in [1.54, 1.807) is 0 Å². The Kier molecular flexibility index (Phi) is 4.22. The number of hydrogen-bond donors (Lipinski definition) is 1. The van der Waals surface area contributed by atoms with Gasteiger partial charge in [0.05, 0.1) is 4.90 Å². The van der Waals surface area contributed by atoms with E-state index >= 15 is 0 Å². The van der Waals surface area contributed by atoms with Gasteiger partial charge in [-0.1, -0.05) is 0 Å². The van der Waals surface area contributed by atoms with Crippen molar-refractivity contribution in [3.63, 3.8) is 0 Å². The second-order valence-corrected chi connectivity index (χ2v) is 6.84. The summed E-state index contributed by atoms with van der Waals surface area (Å²) in [6.45, 7) is 0.604. The highest BCUT2D eigenvalue weighted by Gasteiger charge is 2.28. The maximum atomic E-state index is 13.0. The average molecular weight is 351 g/mol. The summed E-state index contributed by atoms with van der Waals surface area (Å²) in [5, 5.41) is 2.61. The van der Waals surface area contributed by atoms with Crippen molar-refractivity contribution in [3.8, 4) is 0 Å². The van der Waals surface area contributed by atoms with Gasteiger partial charge in [-0.25, -0.2) is 12.8 Å². The molecule has 0 radical (unpaired) electrons. The van der Waals surface area contributed by atoms with Gasteiger partial charge in [0, 0.05) is 30.5 Å². The van der Waals surface area contributed by atoms with Crippen LogP contribution in [-0.2, 0) is 14.8 Å². The van der Waals surface area contributed by atoms with Crippen LogP contribution in [0.4, 0.5) is 4.39 Å². The monoisotopic (exact) mass is 350 g/mol. The Hall–Kier alpha value is -0.990. The minimum absolute atomic E-state index is 0.00301. The lowest BCUT2D eigenvalue weighted by molar-refractivity contribution is -0.120. The number of rotatable bonds is 2. The molecule has 5 nitrogen and oxygen atoms in total. The number of carbonyl (C=O) groups excluding carboxylic acids is 1. The molecule has 1 aromatic rings. The molecular weight excluding hydrogens is 339 g/mol. The Morgan fingerprint density at radius 3 is 2.74 bits per heavy atom. The van der Waals surface area contributed by atoms with Gasteiger partial charge in [0.25, 0.3) is 0 Å². The van der Waals surface area contributed by atoms with Gasteiger partial charge >= 0.3 is 0 Å². The number of nitrogens with zero attached hydrogens (tertiary/aromatic N) is 1. The number of hydrogen-bond acceptors (Lipinski definition) is 3. The largest absolute Gasteiger partial charge is 0.355 e. The third-order valence-electron chi connectivity index (χ3n) is 2.78. The van der Waals surface area contributed by atoms with E-state index in [1.165, 1.54) is 10.4 Å². The standard InChI is InChI=1S/C11H12BrFN2O3S/c12-9-7-8(13)1-2-10(9)19(17,18)15-5-3-11(16)14-4-6-15/h1-2,7H,3-6H2,(H,14,16). The quantitative estimate of drug-likeness (QED) is 0.868. The molecule has 0 unspecified atom stereocenters. The predicted molar refractivity (Wildman–Crippen MR) is 70.5 cm³/mol. The van der Waals surface area contributed by atoms with Crippen LogP contribution in [-0.4, -0.2) is 38.3 Å². The van der Waals surface area contributed by atoms with Crippen molar-refractivity contribution in [3.05, 3.63) is 28.5 Å². The Bertz CT molecular complexity index is 606. The number of carbonyl (C=O) groups is 1. The van der Waals surface area contributed by atoms with Crippen molar-refractivity contribution in [2.75, 3.05) is 19.6 Å². The molecule has 1 aliphatic heterocycles. The third-order valence-corrected chi connectivity index (χ3v) is 5.66. The smallest absolute Gasteiger partial charge is 0.244 e. The third kappa shape index (κ3) is 3.13. The number of benzene rings is 1. The Balaban J connectivity index is 2.33. The summed E-state index contributed by atoms with van der Waals surface area (Å²) in [7, 11) is -3.73. The fraction of sp³-hybridized carbons (Fsp3) is 0.364. The maximum Gasteiger partial charge on any atom is 0.244 e. The van der Waals surface area contributed by atoms with Crippen LogP contribution >= 0.6 is 15.9 Å². The molecule has 0 aromatic heterocycles. The number of sulfonamides is 1. The molecular formula is C11H12BrFN2O3S. The van der Waals surface area contributed by atoms with Crippen LogP contribution in [0.1, 0.15) is 6.42 Å². The van der Waals surface area contributed by atoms with Crippen molar-refractivity contribution >= 4 is 31.9 Å². The van der Waals surface area contributed by atoms with Crippen molar-refractivity contribution in [2.45, 2.75) is 11.3 Å². The van der Waals surface area contributed by atoms with Gasteiger partial charge in [0.1, 0.15) is 5.82 Å². The van der Waals surface area contributed by atoms with Crippen molar-refractivity contribution in [2.24, 2.45) is 0 Å². The molecule has 1 heterocycles. The van der Waals surface area contributed by atoms with E-state index in [0.29, 0.717) is 0 Å². The van der Waals surface area contributed by atoms with Gasteiger partial charge in [-0.3, -0.25) is 4.79 Å². The lowest BCUT2D eigenvalue weighted by atomic mass is 10.3. The number of halogens is 2. The molecule has 1 fully saturated rings. The molecule has 1 aromatic carbocycles. The van der Waals surface area contributed by atoms with Gasteiger partial charge < -0.3 is 5.32 Å². The molecule has 0 bridgehead atoms. The Morgan fingerprint density at radius 1 is 1.32 bits per heavy atom. The Morgan fingerprint density at radius 2 is 2.05 bits per heavy atom. The zero-order chi connectivity index (χ0) is 14.0. The fourth-order valence-corrected chi connectivity index (χ4v) is 4.26. The number of amides is 1. The summed E-state index contributed by atoms with van der Waals surface area (Å²) in [4.78, 5) is 11.2. The van der Waals surface area contributed by atoms with Crippen LogP contribution in [0, 0.1) is 5.82 Å². The van der Waals surface area contributed by atoms with Crippen LogP contribution in [0.3, 0.4) is 0 Å². The second-order valence-electron chi connectivity index (χ2n) is 4.08. The average Bonchev–Trinajstić information content (AvgIpc) is 2.53. The summed E-state index contributed by atoms with van der Waals surface area (Å²) in [6.07, 6.45) is 0.123. The zero-order valence-electron chi connectivity index (χ0n) is 9.90. The van der Waals surface area contributed by atoms with Gasteiger partial charge in [0.2, 0.25) is 15.9 Å². The first-order chi connectivity index (χ1) is 8.91. The van der Waals surface area contributed by atoms with E-state index in [1.807, 2.05) is 0 Å². The van der Waals surface area contributed by atoms with E-state index in [2.05, 4.69) is 21.2 Å². The van der Waals surface area contributed by atoms with Gasteiger partial charge in [-0.15, -0.1) is 0 Å². The van der Waals surface area contributed by atoms with Crippen LogP contribution < -0.4 is 5.32 Å². The maximum absolute atomic E-state index is 13.0. The lowest BCUT2D eigenvalue weighted by Gasteiger charge is -2.19. The van der Waals surface area contributed by atoms with Crippen LogP contribution in [0.2, 0.25) is 0 Å².